The van der Waals surface area contributed by atoms with Crippen molar-refractivity contribution in [2.75, 3.05) is 53.0 Å². The zero-order valence-electron chi connectivity index (χ0n) is 12.7. The van der Waals surface area contributed by atoms with E-state index in [1.54, 1.807) is 7.05 Å². The predicted octanol–water partition coefficient (Wildman–Crippen LogP) is 0.0834. The second kappa shape index (κ2) is 9.72. The fraction of sp³-hybridized carbons (Fsp3) is 0.857. The quantitative estimate of drug-likeness (QED) is 0.532. The Labute approximate surface area is 121 Å². The number of carbonyl (C=O) groups is 2. The second-order valence-corrected chi connectivity index (χ2v) is 5.14. The summed E-state index contributed by atoms with van der Waals surface area (Å²) >= 11 is 0. The van der Waals surface area contributed by atoms with Crippen LogP contribution in [0.1, 0.15) is 26.2 Å². The van der Waals surface area contributed by atoms with Crippen LogP contribution in [0.3, 0.4) is 0 Å². The molecule has 6 nitrogen and oxygen atoms in total. The van der Waals surface area contributed by atoms with Gasteiger partial charge in [-0.15, -0.1) is 0 Å². The predicted molar refractivity (Wildman–Crippen MR) is 77.4 cm³/mol. The Bertz CT molecular complexity index is 304. The number of hydrogen-bond acceptors (Lipinski definition) is 4. The molecule has 1 aliphatic heterocycles. The lowest BCUT2D eigenvalue weighted by Gasteiger charge is -2.26. The van der Waals surface area contributed by atoms with Crippen molar-refractivity contribution in [3.05, 3.63) is 0 Å². The van der Waals surface area contributed by atoms with Crippen LogP contribution in [0.4, 0.5) is 0 Å². The number of ether oxygens (including phenoxy) is 1. The Morgan fingerprint density at radius 3 is 2.60 bits per heavy atom. The van der Waals surface area contributed by atoms with Gasteiger partial charge < -0.3 is 15.0 Å². The van der Waals surface area contributed by atoms with Gasteiger partial charge in [-0.25, -0.2) is 0 Å². The minimum atomic E-state index is -0.495. The topological polar surface area (TPSA) is 61.9 Å². The molecule has 0 spiro atoms. The molecule has 0 aromatic rings. The maximum atomic E-state index is 11.7. The first-order chi connectivity index (χ1) is 9.65. The third kappa shape index (κ3) is 6.34. The maximum Gasteiger partial charge on any atom is 0.311 e. The van der Waals surface area contributed by atoms with E-state index in [2.05, 4.69) is 17.1 Å². The Balaban J connectivity index is 2.10. The molecule has 0 atom stereocenters. The van der Waals surface area contributed by atoms with Crippen LogP contribution in [0, 0.1) is 0 Å². The molecule has 1 N–H and O–H groups in total. The highest BCUT2D eigenvalue weighted by Gasteiger charge is 2.17. The van der Waals surface area contributed by atoms with Crippen LogP contribution in [0.25, 0.3) is 0 Å². The van der Waals surface area contributed by atoms with E-state index in [0.29, 0.717) is 13.1 Å². The van der Waals surface area contributed by atoms with Crippen LogP contribution in [0.2, 0.25) is 0 Å². The molecular weight excluding hydrogens is 258 g/mol. The fourth-order valence-corrected chi connectivity index (χ4v) is 2.08. The van der Waals surface area contributed by atoms with Crippen molar-refractivity contribution in [2.24, 2.45) is 0 Å². The molecule has 0 aromatic heterocycles. The number of morpholine rings is 1. The average Bonchev–Trinajstić information content (AvgIpc) is 2.49. The van der Waals surface area contributed by atoms with E-state index in [1.165, 1.54) is 4.90 Å². The molecule has 1 heterocycles. The van der Waals surface area contributed by atoms with Crippen molar-refractivity contribution in [3.8, 4) is 0 Å². The highest BCUT2D eigenvalue weighted by molar-refractivity contribution is 6.34. The number of amides is 2. The summed E-state index contributed by atoms with van der Waals surface area (Å²) in [6.07, 6.45) is 2.79. The lowest BCUT2D eigenvalue weighted by atomic mass is 10.3. The van der Waals surface area contributed by atoms with Crippen LogP contribution in [-0.4, -0.2) is 74.6 Å². The summed E-state index contributed by atoms with van der Waals surface area (Å²) in [6, 6.07) is 0. The summed E-state index contributed by atoms with van der Waals surface area (Å²) in [5.41, 5.74) is 0. The van der Waals surface area contributed by atoms with Crippen molar-refractivity contribution in [2.45, 2.75) is 26.2 Å². The van der Waals surface area contributed by atoms with Crippen LogP contribution < -0.4 is 5.32 Å². The van der Waals surface area contributed by atoms with Crippen molar-refractivity contribution in [1.82, 2.24) is 15.1 Å². The van der Waals surface area contributed by atoms with Crippen LogP contribution >= 0.6 is 0 Å². The van der Waals surface area contributed by atoms with Crippen molar-refractivity contribution < 1.29 is 14.3 Å². The highest BCUT2D eigenvalue weighted by Crippen LogP contribution is 1.97. The molecule has 0 saturated carbocycles. The molecule has 20 heavy (non-hydrogen) atoms. The molecule has 0 bridgehead atoms. The van der Waals surface area contributed by atoms with Gasteiger partial charge in [0.2, 0.25) is 0 Å². The summed E-state index contributed by atoms with van der Waals surface area (Å²) in [4.78, 5) is 27.2. The number of rotatable bonds is 7. The van der Waals surface area contributed by atoms with E-state index in [-0.39, 0.29) is 0 Å². The molecule has 0 radical (unpaired) electrons. The third-order valence-electron chi connectivity index (χ3n) is 3.43. The lowest BCUT2D eigenvalue weighted by Crippen LogP contribution is -2.42. The number of hydrogen-bond donors (Lipinski definition) is 1. The van der Waals surface area contributed by atoms with Gasteiger partial charge in [0.1, 0.15) is 0 Å². The van der Waals surface area contributed by atoms with Gasteiger partial charge in [-0.1, -0.05) is 13.3 Å². The largest absolute Gasteiger partial charge is 0.379 e. The van der Waals surface area contributed by atoms with Crippen LogP contribution in [0.15, 0.2) is 0 Å². The van der Waals surface area contributed by atoms with E-state index in [9.17, 15) is 9.59 Å². The highest BCUT2D eigenvalue weighted by atomic mass is 16.5. The number of nitrogens with zero attached hydrogens (tertiary/aromatic N) is 2. The summed E-state index contributed by atoms with van der Waals surface area (Å²) in [6.45, 7) is 7.65. The molecule has 1 saturated heterocycles. The Morgan fingerprint density at radius 2 is 1.95 bits per heavy atom. The normalized spacial score (nSPS) is 15.9. The van der Waals surface area contributed by atoms with E-state index in [1.807, 2.05) is 0 Å². The fourth-order valence-electron chi connectivity index (χ4n) is 2.08. The summed E-state index contributed by atoms with van der Waals surface area (Å²) in [5, 5.41) is 2.69. The minimum Gasteiger partial charge on any atom is -0.379 e. The molecule has 0 aliphatic carbocycles. The second-order valence-electron chi connectivity index (χ2n) is 5.14. The zero-order chi connectivity index (χ0) is 14.8. The van der Waals surface area contributed by atoms with Crippen molar-refractivity contribution in [1.29, 1.82) is 0 Å². The zero-order valence-corrected chi connectivity index (χ0v) is 12.7. The van der Waals surface area contributed by atoms with Crippen molar-refractivity contribution >= 4 is 11.8 Å². The van der Waals surface area contributed by atoms with Gasteiger partial charge in [0.05, 0.1) is 13.2 Å². The van der Waals surface area contributed by atoms with E-state index in [0.717, 1.165) is 52.1 Å². The average molecular weight is 285 g/mol. The van der Waals surface area contributed by atoms with Gasteiger partial charge in [0.15, 0.2) is 0 Å². The molecule has 1 rings (SSSR count). The summed E-state index contributed by atoms with van der Waals surface area (Å²) in [7, 11) is 1.67. The van der Waals surface area contributed by atoms with Gasteiger partial charge in [-0.2, -0.15) is 0 Å². The number of likely N-dealkylation sites (N-methyl/N-ethyl adjacent to an activating group) is 1. The Kier molecular flexibility index (Phi) is 8.22. The summed E-state index contributed by atoms with van der Waals surface area (Å²) in [5.74, 6) is -0.935. The van der Waals surface area contributed by atoms with Gasteiger partial charge >= 0.3 is 11.8 Å². The molecule has 116 valence electrons. The van der Waals surface area contributed by atoms with E-state index < -0.39 is 11.8 Å². The molecule has 2 amide bonds. The lowest BCUT2D eigenvalue weighted by molar-refractivity contribution is -0.145. The maximum absolute atomic E-state index is 11.7. The Morgan fingerprint density at radius 1 is 1.25 bits per heavy atom. The molecule has 1 fully saturated rings. The standard InChI is InChI=1S/C14H27N3O3/c1-3-4-7-16(2)14(19)13(18)15-6-5-8-17-9-11-20-12-10-17/h3-12H2,1-2H3,(H,15,18). The third-order valence-corrected chi connectivity index (χ3v) is 3.43. The molecule has 6 heteroatoms. The van der Waals surface area contributed by atoms with Crippen LogP contribution in [-0.2, 0) is 14.3 Å². The van der Waals surface area contributed by atoms with Gasteiger partial charge in [0.25, 0.3) is 0 Å². The first kappa shape index (κ1) is 16.9. The first-order valence-corrected chi connectivity index (χ1v) is 7.48. The molecule has 0 unspecified atom stereocenters. The number of carbonyl (C=O) groups excluding carboxylic acids is 2. The van der Waals surface area contributed by atoms with Gasteiger partial charge in [-0.3, -0.25) is 14.5 Å². The molecule has 0 aromatic carbocycles. The van der Waals surface area contributed by atoms with Gasteiger partial charge in [-0.05, 0) is 19.4 Å². The number of unbranched alkanes of at least 4 members (excludes halogenated alkanes) is 1. The van der Waals surface area contributed by atoms with Gasteiger partial charge in [0, 0.05) is 33.2 Å². The Hall–Kier alpha value is -1.14. The minimum absolute atomic E-state index is 0.440. The van der Waals surface area contributed by atoms with E-state index >= 15 is 0 Å². The SMILES string of the molecule is CCCCN(C)C(=O)C(=O)NCCCN1CCOCC1. The van der Waals surface area contributed by atoms with Crippen LogP contribution in [0.5, 0.6) is 0 Å². The summed E-state index contributed by atoms with van der Waals surface area (Å²) < 4.78 is 5.27. The molecule has 1 aliphatic rings. The monoisotopic (exact) mass is 285 g/mol. The number of nitrogens with one attached hydrogen (secondary N) is 1. The van der Waals surface area contributed by atoms with Crippen molar-refractivity contribution in [3.63, 3.8) is 0 Å². The van der Waals surface area contributed by atoms with E-state index in [4.69, 9.17) is 4.74 Å². The molecular formula is C14H27N3O3. The smallest absolute Gasteiger partial charge is 0.311 e. The first-order valence-electron chi connectivity index (χ1n) is 7.48.